The second-order valence-electron chi connectivity index (χ2n) is 11.0. The molecule has 4 aromatic carbocycles. The van der Waals surface area contributed by atoms with E-state index in [2.05, 4.69) is 24.3 Å². The Hall–Kier alpha value is -3.52. The number of ether oxygens (including phenoxy) is 1. The maximum Gasteiger partial charge on any atom is 0.315 e. The van der Waals surface area contributed by atoms with Gasteiger partial charge in [-0.25, -0.2) is 8.42 Å². The maximum atomic E-state index is 14.3. The second-order valence-corrected chi connectivity index (χ2v) is 12.3. The molecule has 0 spiro atoms. The Morgan fingerprint density at radius 1 is 0.769 bits per heavy atom. The minimum atomic E-state index is -4.71. The predicted octanol–water partition coefficient (Wildman–Crippen LogP) is 5.33. The van der Waals surface area contributed by atoms with E-state index in [1.54, 1.807) is 24.3 Å². The molecule has 4 unspecified atom stereocenters. The fourth-order valence-electron chi connectivity index (χ4n) is 7.67. The number of fused-ring (bicyclic) bond motifs is 2. The third-order valence-corrected chi connectivity index (χ3v) is 10.0. The summed E-state index contributed by atoms with van der Waals surface area (Å²) in [5.74, 6) is -1.15. The van der Waals surface area contributed by atoms with Crippen molar-refractivity contribution < 1.29 is 27.6 Å². The molecule has 8 rings (SSSR count). The van der Waals surface area contributed by atoms with Gasteiger partial charge in [0.1, 0.15) is 15.9 Å². The molecule has 0 amide bonds. The number of carbonyl (C=O) groups excluding carboxylic acids is 1. The lowest BCUT2D eigenvalue weighted by Gasteiger charge is -2.52. The predicted molar refractivity (Wildman–Crippen MR) is 144 cm³/mol. The van der Waals surface area contributed by atoms with Crippen molar-refractivity contribution in [1.29, 1.82) is 0 Å². The van der Waals surface area contributed by atoms with Crippen molar-refractivity contribution in [3.05, 3.63) is 107 Å². The van der Waals surface area contributed by atoms with Gasteiger partial charge in [-0.05, 0) is 59.1 Å². The SMILES string of the molecule is O=C(Oc1ccc(S(=O)(=O)[O-])c2ccccc12)C1C2c3ccccc3C(c3ccccc32)C1C1CCCC1O. The molecule has 4 aliphatic carbocycles. The Labute approximate surface area is 227 Å². The van der Waals surface area contributed by atoms with E-state index in [-0.39, 0.29) is 39.7 Å². The molecule has 7 heteroatoms. The lowest BCUT2D eigenvalue weighted by atomic mass is 9.51. The molecule has 2 bridgehead atoms. The van der Waals surface area contributed by atoms with Crippen molar-refractivity contribution in [3.8, 4) is 5.75 Å². The van der Waals surface area contributed by atoms with Crippen molar-refractivity contribution in [2.75, 3.05) is 0 Å². The molecule has 0 heterocycles. The molecule has 39 heavy (non-hydrogen) atoms. The summed E-state index contributed by atoms with van der Waals surface area (Å²) in [5, 5.41) is 11.7. The molecule has 0 saturated heterocycles. The van der Waals surface area contributed by atoms with E-state index < -0.39 is 28.1 Å². The van der Waals surface area contributed by atoms with Crippen LogP contribution in [0.25, 0.3) is 10.8 Å². The summed E-state index contributed by atoms with van der Waals surface area (Å²) in [4.78, 5) is 13.9. The molecule has 4 aromatic rings. The highest BCUT2D eigenvalue weighted by Gasteiger charge is 2.56. The fraction of sp³-hybridized carbons (Fsp3) is 0.281. The second kappa shape index (κ2) is 9.01. The van der Waals surface area contributed by atoms with E-state index in [9.17, 15) is 22.9 Å². The molecule has 0 aromatic heterocycles. The summed E-state index contributed by atoms with van der Waals surface area (Å²) in [7, 11) is -4.71. The minimum absolute atomic E-state index is 0.0394. The summed E-state index contributed by atoms with van der Waals surface area (Å²) in [6.07, 6.45) is 2.01. The molecule has 198 valence electrons. The Morgan fingerprint density at radius 3 is 1.90 bits per heavy atom. The maximum absolute atomic E-state index is 14.3. The first-order chi connectivity index (χ1) is 18.8. The zero-order chi connectivity index (χ0) is 26.9. The summed E-state index contributed by atoms with van der Waals surface area (Å²) in [5.41, 5.74) is 4.66. The van der Waals surface area contributed by atoms with Gasteiger partial charge in [0.25, 0.3) is 0 Å². The molecule has 1 N–H and O–H groups in total. The van der Waals surface area contributed by atoms with Crippen LogP contribution >= 0.6 is 0 Å². The number of rotatable bonds is 4. The molecule has 1 fully saturated rings. The lowest BCUT2D eigenvalue weighted by Crippen LogP contribution is -2.49. The van der Waals surface area contributed by atoms with Crippen LogP contribution < -0.4 is 4.74 Å². The zero-order valence-corrected chi connectivity index (χ0v) is 21.9. The molecule has 4 aliphatic rings. The topological polar surface area (TPSA) is 104 Å². The Morgan fingerprint density at radius 2 is 1.33 bits per heavy atom. The van der Waals surface area contributed by atoms with Crippen molar-refractivity contribution in [1.82, 2.24) is 0 Å². The van der Waals surface area contributed by atoms with Crippen LogP contribution in [0.3, 0.4) is 0 Å². The smallest absolute Gasteiger partial charge is 0.315 e. The number of hydrogen-bond acceptors (Lipinski definition) is 6. The van der Waals surface area contributed by atoms with Gasteiger partial charge in [-0.1, -0.05) is 79.2 Å². The molecule has 4 atom stereocenters. The number of esters is 1. The number of carbonyl (C=O) groups is 1. The van der Waals surface area contributed by atoms with Crippen molar-refractivity contribution in [2.45, 2.75) is 42.1 Å². The average Bonchev–Trinajstić information content (AvgIpc) is 3.37. The summed E-state index contributed by atoms with van der Waals surface area (Å²) in [6.45, 7) is 0. The van der Waals surface area contributed by atoms with Crippen molar-refractivity contribution in [3.63, 3.8) is 0 Å². The highest BCUT2D eigenvalue weighted by atomic mass is 32.2. The van der Waals surface area contributed by atoms with E-state index >= 15 is 0 Å². The van der Waals surface area contributed by atoms with Crippen LogP contribution in [0, 0.1) is 17.8 Å². The van der Waals surface area contributed by atoms with Crippen LogP contribution in [0.4, 0.5) is 0 Å². The van der Waals surface area contributed by atoms with Gasteiger partial charge in [0.05, 0.1) is 16.9 Å². The van der Waals surface area contributed by atoms with Crippen LogP contribution in [0.1, 0.15) is 53.4 Å². The monoisotopic (exact) mass is 539 g/mol. The fourth-order valence-corrected chi connectivity index (χ4v) is 8.35. The van der Waals surface area contributed by atoms with Gasteiger partial charge < -0.3 is 14.4 Å². The van der Waals surface area contributed by atoms with Crippen LogP contribution in [-0.4, -0.2) is 30.2 Å². The van der Waals surface area contributed by atoms with E-state index in [0.717, 1.165) is 30.4 Å². The summed E-state index contributed by atoms with van der Waals surface area (Å²) >= 11 is 0. The lowest BCUT2D eigenvalue weighted by molar-refractivity contribution is -0.144. The van der Waals surface area contributed by atoms with Gasteiger partial charge in [-0.2, -0.15) is 0 Å². The highest BCUT2D eigenvalue weighted by molar-refractivity contribution is 7.86. The largest absolute Gasteiger partial charge is 0.744 e. The molecule has 0 radical (unpaired) electrons. The van der Waals surface area contributed by atoms with Gasteiger partial charge in [0.15, 0.2) is 0 Å². The quantitative estimate of drug-likeness (QED) is 0.214. The van der Waals surface area contributed by atoms with E-state index in [4.69, 9.17) is 4.74 Å². The number of hydrogen-bond donors (Lipinski definition) is 1. The minimum Gasteiger partial charge on any atom is -0.744 e. The van der Waals surface area contributed by atoms with Gasteiger partial charge in [-0.15, -0.1) is 0 Å². The summed E-state index contributed by atoms with van der Waals surface area (Å²) in [6, 6.07) is 25.7. The molecule has 6 nitrogen and oxygen atoms in total. The van der Waals surface area contributed by atoms with E-state index in [1.165, 1.54) is 23.3 Å². The highest BCUT2D eigenvalue weighted by Crippen LogP contribution is 2.62. The van der Waals surface area contributed by atoms with Crippen molar-refractivity contribution in [2.24, 2.45) is 17.8 Å². The molecule has 1 saturated carbocycles. The standard InChI is InChI=1S/C32H28O6S/c33-25-15-7-14-24(25)30-28-20-10-3-5-12-22(20)29(23-13-6-4-11-21(23)28)31(30)32(34)38-26-16-17-27(39(35,36)37)19-9-2-1-8-18(19)26/h1-6,8-13,16-17,24-25,28-31,33H,7,14-15H2,(H,35,36,37)/p-1. The van der Waals surface area contributed by atoms with Gasteiger partial charge in [0, 0.05) is 22.6 Å². The van der Waals surface area contributed by atoms with Crippen LogP contribution in [0.2, 0.25) is 0 Å². The first-order valence-corrected chi connectivity index (χ1v) is 14.8. The Bertz CT molecular complexity index is 1680. The van der Waals surface area contributed by atoms with Gasteiger partial charge >= 0.3 is 5.97 Å². The first kappa shape index (κ1) is 24.5. The Kier molecular flexibility index (Phi) is 5.67. The molecule has 0 aliphatic heterocycles. The number of benzene rings is 4. The number of aliphatic hydroxyl groups is 1. The summed E-state index contributed by atoms with van der Waals surface area (Å²) < 4.78 is 41.8. The zero-order valence-electron chi connectivity index (χ0n) is 21.1. The average molecular weight is 540 g/mol. The third-order valence-electron chi connectivity index (χ3n) is 9.11. The van der Waals surface area contributed by atoms with Crippen LogP contribution in [0.15, 0.2) is 89.8 Å². The van der Waals surface area contributed by atoms with Gasteiger partial charge in [0.2, 0.25) is 0 Å². The van der Waals surface area contributed by atoms with Crippen molar-refractivity contribution >= 4 is 26.9 Å². The van der Waals surface area contributed by atoms with Crippen LogP contribution in [0.5, 0.6) is 5.75 Å². The van der Waals surface area contributed by atoms with E-state index in [0.29, 0.717) is 5.39 Å². The first-order valence-electron chi connectivity index (χ1n) is 13.4. The molecular weight excluding hydrogens is 512 g/mol. The van der Waals surface area contributed by atoms with Crippen LogP contribution in [-0.2, 0) is 14.9 Å². The Balaban J connectivity index is 1.37. The molecular formula is C32H27O6S-. The third kappa shape index (κ3) is 3.75. The normalized spacial score (nSPS) is 27.2. The number of aliphatic hydroxyl groups excluding tert-OH is 1. The van der Waals surface area contributed by atoms with Gasteiger partial charge in [-0.3, -0.25) is 4.79 Å². The van der Waals surface area contributed by atoms with E-state index in [1.807, 2.05) is 24.3 Å².